The van der Waals surface area contributed by atoms with Crippen molar-refractivity contribution in [2.75, 3.05) is 5.32 Å². The molecule has 0 bridgehead atoms. The highest BCUT2D eigenvalue weighted by atomic mass is 32.1. The minimum atomic E-state index is -0.587. The molecular weight excluding hydrogens is 495 g/mol. The maximum atomic E-state index is 14.1. The molecule has 7 heteroatoms. The van der Waals surface area contributed by atoms with Gasteiger partial charge in [-0.05, 0) is 77.4 Å². The third-order valence-electron chi connectivity index (χ3n) is 7.19. The molecule has 0 spiro atoms. The van der Waals surface area contributed by atoms with Crippen LogP contribution in [0.4, 0.5) is 9.39 Å². The van der Waals surface area contributed by atoms with Crippen LogP contribution in [-0.4, -0.2) is 15.5 Å². The Morgan fingerprint density at radius 3 is 2.89 bits per heavy atom. The van der Waals surface area contributed by atoms with Crippen molar-refractivity contribution >= 4 is 39.1 Å². The topological polar surface area (TPSA) is 70.7 Å². The van der Waals surface area contributed by atoms with E-state index in [-0.39, 0.29) is 11.5 Å². The summed E-state index contributed by atoms with van der Waals surface area (Å²) in [4.78, 5) is 18.2. The van der Waals surface area contributed by atoms with Crippen molar-refractivity contribution in [3.8, 4) is 11.8 Å². The molecule has 1 aliphatic rings. The standard InChI is InChI=1S/C31H23FN4OS/c1-2-29-34-14-15-36(29)21-12-10-19-6-5-8-22(25(19)17-21)20-11-13-23-26(18-33)31(38-28(23)16-20)35-30(37)24-7-3-4-9-27(24)32/h2-10,12,14-15,17,20H,1,11,13,16H2,(H,35,37). The average Bonchev–Trinajstić information content (AvgIpc) is 3.56. The number of nitriles is 1. The molecule has 186 valence electrons. The molecular formula is C31H23FN4OS. The summed E-state index contributed by atoms with van der Waals surface area (Å²) in [6, 6.07) is 20.9. The number of imidazole rings is 1. The van der Waals surface area contributed by atoms with Gasteiger partial charge in [0.2, 0.25) is 0 Å². The number of nitrogens with zero attached hydrogens (tertiary/aromatic N) is 3. The zero-order valence-corrected chi connectivity index (χ0v) is 21.3. The molecule has 38 heavy (non-hydrogen) atoms. The summed E-state index contributed by atoms with van der Waals surface area (Å²) < 4.78 is 16.2. The largest absolute Gasteiger partial charge is 0.312 e. The lowest BCUT2D eigenvalue weighted by Crippen LogP contribution is -2.14. The van der Waals surface area contributed by atoms with E-state index in [4.69, 9.17) is 0 Å². The normalized spacial score (nSPS) is 14.6. The minimum Gasteiger partial charge on any atom is -0.312 e. The van der Waals surface area contributed by atoms with Crippen molar-refractivity contribution in [2.45, 2.75) is 25.2 Å². The molecule has 0 saturated heterocycles. The quantitative estimate of drug-likeness (QED) is 0.266. The predicted molar refractivity (Wildman–Crippen MR) is 149 cm³/mol. The summed E-state index contributed by atoms with van der Waals surface area (Å²) in [6.45, 7) is 3.87. The molecule has 1 N–H and O–H groups in total. The van der Waals surface area contributed by atoms with Crippen molar-refractivity contribution in [1.29, 1.82) is 5.26 Å². The molecule has 0 fully saturated rings. The molecule has 0 aliphatic heterocycles. The monoisotopic (exact) mass is 518 g/mol. The first kappa shape index (κ1) is 23.8. The van der Waals surface area contributed by atoms with Gasteiger partial charge in [-0.3, -0.25) is 4.79 Å². The summed E-state index contributed by atoms with van der Waals surface area (Å²) in [5, 5.41) is 15.5. The number of fused-ring (bicyclic) bond motifs is 2. The van der Waals surface area contributed by atoms with Crippen LogP contribution in [-0.2, 0) is 12.8 Å². The molecule has 5 aromatic rings. The molecule has 0 radical (unpaired) electrons. The summed E-state index contributed by atoms with van der Waals surface area (Å²) in [6.07, 6.45) is 7.85. The van der Waals surface area contributed by atoms with Crippen LogP contribution in [0.2, 0.25) is 0 Å². The number of thiophene rings is 1. The third kappa shape index (κ3) is 4.09. The zero-order valence-electron chi connectivity index (χ0n) is 20.4. The number of halogens is 1. The molecule has 2 heterocycles. The van der Waals surface area contributed by atoms with Gasteiger partial charge < -0.3 is 9.88 Å². The predicted octanol–water partition coefficient (Wildman–Crippen LogP) is 7.27. The van der Waals surface area contributed by atoms with Crippen molar-refractivity contribution in [3.05, 3.63) is 118 Å². The van der Waals surface area contributed by atoms with Crippen molar-refractivity contribution in [2.24, 2.45) is 0 Å². The molecule has 0 saturated carbocycles. The minimum absolute atomic E-state index is 0.0373. The van der Waals surface area contributed by atoms with Crippen molar-refractivity contribution < 1.29 is 9.18 Å². The number of amides is 1. The summed E-state index contributed by atoms with van der Waals surface area (Å²) in [5.74, 6) is -0.0778. The Kier molecular flexibility index (Phi) is 6.10. The average molecular weight is 519 g/mol. The van der Waals surface area contributed by atoms with E-state index in [1.54, 1.807) is 24.4 Å². The van der Waals surface area contributed by atoms with Gasteiger partial charge in [-0.15, -0.1) is 11.3 Å². The van der Waals surface area contributed by atoms with Gasteiger partial charge in [-0.25, -0.2) is 9.37 Å². The van der Waals surface area contributed by atoms with Gasteiger partial charge >= 0.3 is 0 Å². The molecule has 5 nitrogen and oxygen atoms in total. The van der Waals surface area contributed by atoms with Gasteiger partial charge in [0.15, 0.2) is 0 Å². The molecule has 6 rings (SSSR count). The Bertz CT molecular complexity index is 1760. The van der Waals surface area contributed by atoms with Gasteiger partial charge in [0.05, 0.1) is 11.1 Å². The Morgan fingerprint density at radius 2 is 2.08 bits per heavy atom. The Labute approximate surface area is 223 Å². The number of benzene rings is 3. The summed E-state index contributed by atoms with van der Waals surface area (Å²) >= 11 is 1.42. The van der Waals surface area contributed by atoms with Gasteiger partial charge in [0.1, 0.15) is 22.7 Å². The highest BCUT2D eigenvalue weighted by molar-refractivity contribution is 7.16. The summed E-state index contributed by atoms with van der Waals surface area (Å²) in [7, 11) is 0. The molecule has 1 amide bonds. The van der Waals surface area contributed by atoms with Crippen LogP contribution < -0.4 is 5.32 Å². The van der Waals surface area contributed by atoms with Gasteiger partial charge in [-0.1, -0.05) is 43.0 Å². The second kappa shape index (κ2) is 9.73. The van der Waals surface area contributed by atoms with Crippen LogP contribution in [0.3, 0.4) is 0 Å². The van der Waals surface area contributed by atoms with E-state index < -0.39 is 11.7 Å². The fraction of sp³-hybridized carbons (Fsp3) is 0.129. The third-order valence-corrected chi connectivity index (χ3v) is 8.36. The van der Waals surface area contributed by atoms with Crippen LogP contribution in [0.5, 0.6) is 0 Å². The highest BCUT2D eigenvalue weighted by Crippen LogP contribution is 2.43. The molecule has 1 atom stereocenters. The highest BCUT2D eigenvalue weighted by Gasteiger charge is 2.28. The zero-order chi connectivity index (χ0) is 26.2. The smallest absolute Gasteiger partial charge is 0.259 e. The number of carbonyl (C=O) groups is 1. The molecule has 2 aromatic heterocycles. The Morgan fingerprint density at radius 1 is 1.21 bits per heavy atom. The summed E-state index contributed by atoms with van der Waals surface area (Å²) in [5.41, 5.74) is 3.73. The van der Waals surface area contributed by atoms with Crippen LogP contribution >= 0.6 is 11.3 Å². The van der Waals surface area contributed by atoms with E-state index in [2.05, 4.69) is 59.3 Å². The van der Waals surface area contributed by atoms with E-state index in [0.29, 0.717) is 10.6 Å². The first-order valence-electron chi connectivity index (χ1n) is 12.4. The van der Waals surface area contributed by atoms with E-state index in [1.807, 2.05) is 10.8 Å². The fourth-order valence-electron chi connectivity index (χ4n) is 5.35. The van der Waals surface area contributed by atoms with E-state index in [9.17, 15) is 14.4 Å². The van der Waals surface area contributed by atoms with E-state index in [1.165, 1.54) is 39.8 Å². The first-order valence-corrected chi connectivity index (χ1v) is 13.2. The first-order chi connectivity index (χ1) is 18.6. The molecule has 3 aromatic carbocycles. The SMILES string of the molecule is C=Cc1nccn1-c1ccc2cccc(C3CCc4c(sc(NC(=O)c5ccccc5F)c4C#N)C3)c2c1. The number of rotatable bonds is 5. The number of carbonyl (C=O) groups excluding carboxylic acids is 1. The number of anilines is 1. The van der Waals surface area contributed by atoms with Crippen molar-refractivity contribution in [3.63, 3.8) is 0 Å². The molecule has 1 aliphatic carbocycles. The lowest BCUT2D eigenvalue weighted by atomic mass is 9.81. The fourth-order valence-corrected chi connectivity index (χ4v) is 6.62. The van der Waals surface area contributed by atoms with Gasteiger partial charge in [0, 0.05) is 23.0 Å². The van der Waals surface area contributed by atoms with Crippen LogP contribution in [0.25, 0.3) is 22.5 Å². The van der Waals surface area contributed by atoms with E-state index in [0.717, 1.165) is 41.2 Å². The number of nitrogens with one attached hydrogen (secondary N) is 1. The number of hydrogen-bond acceptors (Lipinski definition) is 4. The van der Waals surface area contributed by atoms with E-state index >= 15 is 0 Å². The second-order valence-corrected chi connectivity index (χ2v) is 10.4. The molecule has 1 unspecified atom stereocenters. The van der Waals surface area contributed by atoms with Gasteiger partial charge in [0.25, 0.3) is 5.91 Å². The van der Waals surface area contributed by atoms with Crippen LogP contribution in [0.1, 0.15) is 50.1 Å². The maximum Gasteiger partial charge on any atom is 0.259 e. The second-order valence-electron chi connectivity index (χ2n) is 9.31. The number of aromatic nitrogens is 2. The maximum absolute atomic E-state index is 14.1. The lowest BCUT2D eigenvalue weighted by molar-refractivity contribution is 0.102. The Balaban J connectivity index is 1.33. The Hall–Kier alpha value is -4.54. The van der Waals surface area contributed by atoms with Crippen LogP contribution in [0.15, 0.2) is 79.6 Å². The number of hydrogen-bond donors (Lipinski definition) is 1. The van der Waals surface area contributed by atoms with Crippen LogP contribution in [0, 0.1) is 17.1 Å². The van der Waals surface area contributed by atoms with Gasteiger partial charge in [-0.2, -0.15) is 5.26 Å². The van der Waals surface area contributed by atoms with Crippen molar-refractivity contribution in [1.82, 2.24) is 9.55 Å². The lowest BCUT2D eigenvalue weighted by Gasteiger charge is -2.24.